The zero-order valence-corrected chi connectivity index (χ0v) is 14.0. The van der Waals surface area contributed by atoms with Gasteiger partial charge in [-0.15, -0.1) is 0 Å². The van der Waals surface area contributed by atoms with Gasteiger partial charge in [-0.1, -0.05) is 27.7 Å². The molecule has 2 N–H and O–H groups in total. The van der Waals surface area contributed by atoms with Crippen molar-refractivity contribution < 1.29 is 14.7 Å². The lowest BCUT2D eigenvalue weighted by Gasteiger charge is -2.33. The molecular weight excluding hydrogens is 254 g/mol. The van der Waals surface area contributed by atoms with Crippen LogP contribution in [0.3, 0.4) is 0 Å². The number of carboxylic acid groups (broad SMARTS) is 1. The molecule has 0 saturated heterocycles. The Morgan fingerprint density at radius 3 is 1.65 bits per heavy atom. The van der Waals surface area contributed by atoms with Crippen molar-refractivity contribution in [3.05, 3.63) is 0 Å². The predicted molar refractivity (Wildman–Crippen MR) is 81.5 cm³/mol. The monoisotopic (exact) mass is 285 g/mol. The topological polar surface area (TPSA) is 66.4 Å². The largest absolute Gasteiger partial charge is 0.481 e. The molecule has 0 aliphatic heterocycles. The lowest BCUT2D eigenvalue weighted by atomic mass is 9.71. The molecule has 0 fully saturated rings. The highest BCUT2D eigenvalue weighted by molar-refractivity contribution is 5.85. The molecule has 0 aliphatic rings. The molecule has 4 nitrogen and oxygen atoms in total. The third-order valence-electron chi connectivity index (χ3n) is 3.07. The van der Waals surface area contributed by atoms with Crippen LogP contribution in [0, 0.1) is 17.3 Å². The van der Waals surface area contributed by atoms with Crippen molar-refractivity contribution >= 4 is 11.9 Å². The van der Waals surface area contributed by atoms with Crippen LogP contribution in [-0.2, 0) is 9.59 Å². The maximum absolute atomic E-state index is 12.2. The first-order valence-electron chi connectivity index (χ1n) is 7.42. The van der Waals surface area contributed by atoms with E-state index in [-0.39, 0.29) is 29.7 Å². The number of rotatable bonds is 7. The molecule has 0 unspecified atom stereocenters. The van der Waals surface area contributed by atoms with Gasteiger partial charge in [0, 0.05) is 12.0 Å². The molecule has 0 aromatic heterocycles. The van der Waals surface area contributed by atoms with Crippen LogP contribution in [0.1, 0.15) is 67.7 Å². The highest BCUT2D eigenvalue weighted by atomic mass is 16.4. The molecule has 0 aromatic carbocycles. The number of carboxylic acids is 1. The lowest BCUT2D eigenvalue weighted by Crippen LogP contribution is -2.45. The zero-order chi connectivity index (χ0) is 16.1. The van der Waals surface area contributed by atoms with E-state index in [1.807, 2.05) is 48.5 Å². The van der Waals surface area contributed by atoms with Crippen molar-refractivity contribution in [2.75, 3.05) is 0 Å². The van der Waals surface area contributed by atoms with Crippen molar-refractivity contribution in [2.24, 2.45) is 17.3 Å². The van der Waals surface area contributed by atoms with Crippen LogP contribution >= 0.6 is 0 Å². The maximum atomic E-state index is 12.2. The molecule has 4 heteroatoms. The van der Waals surface area contributed by atoms with Crippen LogP contribution in [0.5, 0.6) is 0 Å². The molecular formula is C16H31NO3. The fourth-order valence-electron chi connectivity index (χ4n) is 2.81. The van der Waals surface area contributed by atoms with E-state index in [1.165, 1.54) is 0 Å². The molecule has 0 bridgehead atoms. The Hall–Kier alpha value is -1.06. The number of hydrogen-bond donors (Lipinski definition) is 2. The summed E-state index contributed by atoms with van der Waals surface area (Å²) in [5.41, 5.74) is -1.30. The second kappa shape index (κ2) is 7.09. The van der Waals surface area contributed by atoms with Gasteiger partial charge in [-0.3, -0.25) is 9.59 Å². The van der Waals surface area contributed by atoms with Gasteiger partial charge in [0.1, 0.15) is 0 Å². The number of nitrogens with one attached hydrogen (secondary N) is 1. The Balaban J connectivity index is 5.18. The normalized spacial score (nSPS) is 12.8. The summed E-state index contributed by atoms with van der Waals surface area (Å²) in [4.78, 5) is 24.0. The SMILES string of the molecule is CC(C)CC(CC(=O)NC(C)(C)C)(CC(C)C)C(=O)O. The average molecular weight is 285 g/mol. The number of carbonyl (C=O) groups is 2. The van der Waals surface area contributed by atoms with E-state index >= 15 is 0 Å². The van der Waals surface area contributed by atoms with Gasteiger partial charge in [0.05, 0.1) is 5.41 Å². The van der Waals surface area contributed by atoms with Gasteiger partial charge in [0.15, 0.2) is 0 Å². The molecule has 0 rings (SSSR count). The zero-order valence-electron chi connectivity index (χ0n) is 14.0. The van der Waals surface area contributed by atoms with E-state index in [4.69, 9.17) is 0 Å². The smallest absolute Gasteiger partial charge is 0.310 e. The summed E-state index contributed by atoms with van der Waals surface area (Å²) < 4.78 is 0. The summed E-state index contributed by atoms with van der Waals surface area (Å²) >= 11 is 0. The number of carbonyl (C=O) groups excluding carboxylic acids is 1. The minimum absolute atomic E-state index is 0.0516. The minimum Gasteiger partial charge on any atom is -0.481 e. The first-order chi connectivity index (χ1) is 8.88. The number of hydrogen-bond acceptors (Lipinski definition) is 2. The van der Waals surface area contributed by atoms with Crippen LogP contribution in [0.25, 0.3) is 0 Å². The lowest BCUT2D eigenvalue weighted by molar-refractivity contribution is -0.154. The summed E-state index contributed by atoms with van der Waals surface area (Å²) in [6.07, 6.45) is 1.10. The van der Waals surface area contributed by atoms with Crippen molar-refractivity contribution in [1.29, 1.82) is 0 Å². The van der Waals surface area contributed by atoms with Crippen molar-refractivity contribution in [3.63, 3.8) is 0 Å². The molecule has 0 aromatic rings. The Morgan fingerprint density at radius 2 is 1.40 bits per heavy atom. The first-order valence-corrected chi connectivity index (χ1v) is 7.42. The Labute approximate surface area is 123 Å². The van der Waals surface area contributed by atoms with Crippen LogP contribution in [0.15, 0.2) is 0 Å². The summed E-state index contributed by atoms with van der Waals surface area (Å²) in [5.74, 6) is -0.551. The van der Waals surface area contributed by atoms with Crippen LogP contribution < -0.4 is 5.32 Å². The molecule has 0 atom stereocenters. The molecule has 118 valence electrons. The van der Waals surface area contributed by atoms with Crippen molar-refractivity contribution in [1.82, 2.24) is 5.32 Å². The minimum atomic E-state index is -0.961. The van der Waals surface area contributed by atoms with Crippen LogP contribution in [0.4, 0.5) is 0 Å². The fourth-order valence-corrected chi connectivity index (χ4v) is 2.81. The van der Waals surface area contributed by atoms with E-state index in [0.717, 1.165) is 0 Å². The van der Waals surface area contributed by atoms with Crippen molar-refractivity contribution in [2.45, 2.75) is 73.3 Å². The predicted octanol–water partition coefficient (Wildman–Crippen LogP) is 3.45. The van der Waals surface area contributed by atoms with Gasteiger partial charge in [-0.2, -0.15) is 0 Å². The fraction of sp³-hybridized carbons (Fsp3) is 0.875. The van der Waals surface area contributed by atoms with E-state index in [1.54, 1.807) is 0 Å². The second-order valence-corrected chi connectivity index (χ2v) is 7.76. The first kappa shape index (κ1) is 18.9. The van der Waals surface area contributed by atoms with Crippen molar-refractivity contribution in [3.8, 4) is 0 Å². The molecule has 1 amide bonds. The average Bonchev–Trinajstić information content (AvgIpc) is 2.10. The Morgan fingerprint density at radius 1 is 1.00 bits per heavy atom. The molecule has 20 heavy (non-hydrogen) atoms. The standard InChI is InChI=1S/C16H31NO3/c1-11(2)8-16(14(19)20,9-12(3)4)10-13(18)17-15(5,6)7/h11-12H,8-10H2,1-7H3,(H,17,18)(H,19,20). The summed E-state index contributed by atoms with van der Waals surface area (Å²) in [6, 6.07) is 0. The second-order valence-electron chi connectivity index (χ2n) is 7.76. The van der Waals surface area contributed by atoms with E-state index < -0.39 is 11.4 Å². The number of amides is 1. The summed E-state index contributed by atoms with van der Waals surface area (Å²) in [7, 11) is 0. The molecule has 0 heterocycles. The molecule has 0 aliphatic carbocycles. The van der Waals surface area contributed by atoms with Gasteiger partial charge in [0.25, 0.3) is 0 Å². The number of aliphatic carboxylic acids is 1. The highest BCUT2D eigenvalue weighted by Gasteiger charge is 2.41. The third-order valence-corrected chi connectivity index (χ3v) is 3.07. The van der Waals surface area contributed by atoms with Gasteiger partial charge in [0.2, 0.25) is 5.91 Å². The van der Waals surface area contributed by atoms with Crippen LogP contribution in [0.2, 0.25) is 0 Å². The van der Waals surface area contributed by atoms with Gasteiger partial charge in [-0.05, 0) is 45.4 Å². The van der Waals surface area contributed by atoms with Gasteiger partial charge < -0.3 is 10.4 Å². The summed E-state index contributed by atoms with van der Waals surface area (Å²) in [5, 5.41) is 12.6. The maximum Gasteiger partial charge on any atom is 0.310 e. The summed E-state index contributed by atoms with van der Waals surface area (Å²) in [6.45, 7) is 13.7. The molecule has 0 spiro atoms. The third kappa shape index (κ3) is 6.92. The van der Waals surface area contributed by atoms with E-state index in [0.29, 0.717) is 12.8 Å². The van der Waals surface area contributed by atoms with E-state index in [2.05, 4.69) is 5.32 Å². The van der Waals surface area contributed by atoms with E-state index in [9.17, 15) is 14.7 Å². The Kier molecular flexibility index (Phi) is 6.72. The highest BCUT2D eigenvalue weighted by Crippen LogP contribution is 2.37. The molecule has 0 saturated carbocycles. The Bertz CT molecular complexity index is 330. The van der Waals surface area contributed by atoms with Gasteiger partial charge in [-0.25, -0.2) is 0 Å². The van der Waals surface area contributed by atoms with Gasteiger partial charge >= 0.3 is 5.97 Å². The van der Waals surface area contributed by atoms with Crippen LogP contribution in [-0.4, -0.2) is 22.5 Å². The quantitative estimate of drug-likeness (QED) is 0.753. The molecule has 0 radical (unpaired) electrons.